The van der Waals surface area contributed by atoms with Crippen LogP contribution in [0.25, 0.3) is 6.08 Å². The van der Waals surface area contributed by atoms with E-state index in [1.165, 1.54) is 6.08 Å². The summed E-state index contributed by atoms with van der Waals surface area (Å²) in [7, 11) is 0. The number of hydrogen-bond acceptors (Lipinski definition) is 8. The molecule has 0 radical (unpaired) electrons. The predicted octanol–water partition coefficient (Wildman–Crippen LogP) is 5.39. The molecule has 4 rings (SSSR count). The fraction of sp³-hybridized carbons (Fsp3) is 0.276. The van der Waals surface area contributed by atoms with Gasteiger partial charge in [0, 0.05) is 50.1 Å². The molecular weight excluding hydrogens is 464 g/mol. The molecule has 2 heterocycles. The summed E-state index contributed by atoms with van der Waals surface area (Å²) >= 11 is 0. The van der Waals surface area contributed by atoms with Crippen LogP contribution in [0.2, 0.25) is 0 Å². The third kappa shape index (κ3) is 7.31. The fourth-order valence-corrected chi connectivity index (χ4v) is 4.15. The van der Waals surface area contributed by atoms with Gasteiger partial charge in [0.15, 0.2) is 0 Å². The number of hydrogen-bond donors (Lipinski definition) is 2. The number of morpholine rings is 1. The highest BCUT2D eigenvalue weighted by molar-refractivity contribution is 5.63. The van der Waals surface area contributed by atoms with Crippen LogP contribution in [0.15, 0.2) is 54.6 Å². The first-order valence-electron chi connectivity index (χ1n) is 12.2. The van der Waals surface area contributed by atoms with Crippen LogP contribution < -0.4 is 15.4 Å². The summed E-state index contributed by atoms with van der Waals surface area (Å²) < 4.78 is 11.8. The molecule has 0 aliphatic carbocycles. The second kappa shape index (κ2) is 12.5. The van der Waals surface area contributed by atoms with Crippen LogP contribution in [0.3, 0.4) is 0 Å². The van der Waals surface area contributed by atoms with Crippen molar-refractivity contribution < 1.29 is 9.47 Å². The molecule has 2 N–H and O–H groups in total. The van der Waals surface area contributed by atoms with E-state index in [4.69, 9.17) is 25.0 Å². The van der Waals surface area contributed by atoms with Crippen LogP contribution in [-0.2, 0) is 4.74 Å². The average molecular weight is 495 g/mol. The SMILES string of the molecule is Cc1cc(/C=C/C#N)cc(C)c1Oc1cc(NCCN2CCOCC2)nc(Nc2ccc(C#N)cc2)c1. The zero-order valence-corrected chi connectivity index (χ0v) is 21.1. The van der Waals surface area contributed by atoms with E-state index in [1.807, 2.05) is 56.3 Å². The van der Waals surface area contributed by atoms with Gasteiger partial charge in [-0.15, -0.1) is 0 Å². The van der Waals surface area contributed by atoms with Crippen molar-refractivity contribution in [3.63, 3.8) is 0 Å². The lowest BCUT2D eigenvalue weighted by Crippen LogP contribution is -2.39. The van der Waals surface area contributed by atoms with E-state index in [-0.39, 0.29) is 0 Å². The summed E-state index contributed by atoms with van der Waals surface area (Å²) in [5.74, 6) is 2.74. The maximum absolute atomic E-state index is 9.08. The molecule has 1 aliphatic rings. The van der Waals surface area contributed by atoms with Gasteiger partial charge in [-0.3, -0.25) is 4.90 Å². The minimum Gasteiger partial charge on any atom is -0.457 e. The quantitative estimate of drug-likeness (QED) is 0.382. The van der Waals surface area contributed by atoms with Gasteiger partial charge in [-0.25, -0.2) is 4.98 Å². The first kappa shape index (κ1) is 25.7. The maximum atomic E-state index is 9.08. The fourth-order valence-electron chi connectivity index (χ4n) is 4.15. The van der Waals surface area contributed by atoms with Crippen LogP contribution in [0.4, 0.5) is 17.3 Å². The van der Waals surface area contributed by atoms with E-state index in [0.29, 0.717) is 22.9 Å². The number of ether oxygens (including phenoxy) is 2. The van der Waals surface area contributed by atoms with E-state index < -0.39 is 0 Å². The summed E-state index contributed by atoms with van der Waals surface area (Å²) in [6, 6.07) is 19.1. The molecule has 2 aromatic carbocycles. The van der Waals surface area contributed by atoms with Crippen molar-refractivity contribution in [1.82, 2.24) is 9.88 Å². The van der Waals surface area contributed by atoms with Crippen LogP contribution in [-0.4, -0.2) is 49.3 Å². The van der Waals surface area contributed by atoms with Crippen molar-refractivity contribution in [2.75, 3.05) is 50.0 Å². The Morgan fingerprint density at radius 3 is 2.41 bits per heavy atom. The smallest absolute Gasteiger partial charge is 0.136 e. The highest BCUT2D eigenvalue weighted by atomic mass is 16.5. The number of nitriles is 2. The van der Waals surface area contributed by atoms with Gasteiger partial charge in [-0.05, 0) is 73.0 Å². The van der Waals surface area contributed by atoms with Gasteiger partial charge in [0.25, 0.3) is 0 Å². The van der Waals surface area contributed by atoms with Gasteiger partial charge >= 0.3 is 0 Å². The molecule has 188 valence electrons. The summed E-state index contributed by atoms with van der Waals surface area (Å²) in [6.45, 7) is 9.02. The van der Waals surface area contributed by atoms with E-state index in [2.05, 4.69) is 21.6 Å². The van der Waals surface area contributed by atoms with E-state index in [9.17, 15) is 0 Å². The topological polar surface area (TPSA) is 106 Å². The highest BCUT2D eigenvalue weighted by Gasteiger charge is 2.12. The van der Waals surface area contributed by atoms with Gasteiger partial charge in [0.1, 0.15) is 23.1 Å². The first-order chi connectivity index (χ1) is 18.0. The predicted molar refractivity (Wildman–Crippen MR) is 145 cm³/mol. The molecule has 8 nitrogen and oxygen atoms in total. The van der Waals surface area contributed by atoms with Gasteiger partial charge in [0.05, 0.1) is 30.9 Å². The Bertz CT molecular complexity index is 1310. The molecule has 0 bridgehead atoms. The molecule has 0 saturated carbocycles. The number of benzene rings is 2. The minimum atomic E-state index is 0.597. The Morgan fingerprint density at radius 2 is 1.73 bits per heavy atom. The molecule has 37 heavy (non-hydrogen) atoms. The molecule has 8 heteroatoms. The Morgan fingerprint density at radius 1 is 1.03 bits per heavy atom. The van der Waals surface area contributed by atoms with Crippen molar-refractivity contribution >= 4 is 23.4 Å². The molecule has 3 aromatic rings. The average Bonchev–Trinajstić information content (AvgIpc) is 2.90. The Balaban J connectivity index is 1.56. The van der Waals surface area contributed by atoms with Crippen LogP contribution >= 0.6 is 0 Å². The number of rotatable bonds is 9. The Labute approximate surface area is 217 Å². The summed E-state index contributed by atoms with van der Waals surface area (Å²) in [6.07, 6.45) is 3.25. The molecule has 1 aromatic heterocycles. The molecule has 1 fully saturated rings. The molecule has 0 atom stereocenters. The number of anilines is 3. The van der Waals surface area contributed by atoms with Crippen molar-refractivity contribution in [2.45, 2.75) is 13.8 Å². The zero-order valence-electron chi connectivity index (χ0n) is 21.1. The lowest BCUT2D eigenvalue weighted by Gasteiger charge is -2.26. The lowest BCUT2D eigenvalue weighted by atomic mass is 10.1. The first-order valence-corrected chi connectivity index (χ1v) is 12.2. The van der Waals surface area contributed by atoms with Crippen molar-refractivity contribution in [2.24, 2.45) is 0 Å². The van der Waals surface area contributed by atoms with E-state index in [0.717, 1.165) is 67.5 Å². The molecule has 1 aliphatic heterocycles. The lowest BCUT2D eigenvalue weighted by molar-refractivity contribution is 0.0398. The van der Waals surface area contributed by atoms with Crippen molar-refractivity contribution in [1.29, 1.82) is 10.5 Å². The third-order valence-electron chi connectivity index (χ3n) is 5.98. The second-order valence-corrected chi connectivity index (χ2v) is 8.82. The summed E-state index contributed by atoms with van der Waals surface area (Å²) in [4.78, 5) is 7.10. The number of pyridine rings is 1. The van der Waals surface area contributed by atoms with E-state index in [1.54, 1.807) is 18.2 Å². The zero-order chi connectivity index (χ0) is 26.0. The number of aromatic nitrogens is 1. The third-order valence-corrected chi connectivity index (χ3v) is 5.98. The summed E-state index contributed by atoms with van der Waals surface area (Å²) in [5.41, 5.74) is 4.31. The monoisotopic (exact) mass is 494 g/mol. The van der Waals surface area contributed by atoms with E-state index >= 15 is 0 Å². The van der Waals surface area contributed by atoms with Gasteiger partial charge in [0.2, 0.25) is 0 Å². The Kier molecular flexibility index (Phi) is 8.72. The largest absolute Gasteiger partial charge is 0.457 e. The Hall–Kier alpha value is -4.37. The number of aryl methyl sites for hydroxylation is 2. The second-order valence-electron chi connectivity index (χ2n) is 8.82. The molecule has 0 unspecified atom stereocenters. The van der Waals surface area contributed by atoms with Crippen LogP contribution in [0.1, 0.15) is 22.3 Å². The molecule has 1 saturated heterocycles. The van der Waals surface area contributed by atoms with Gasteiger partial charge in [-0.2, -0.15) is 10.5 Å². The molecular formula is C29H30N6O2. The minimum absolute atomic E-state index is 0.597. The van der Waals surface area contributed by atoms with Crippen LogP contribution in [0, 0.1) is 36.5 Å². The highest BCUT2D eigenvalue weighted by Crippen LogP contribution is 2.33. The molecule has 0 amide bonds. The number of nitrogens with zero attached hydrogens (tertiary/aromatic N) is 4. The van der Waals surface area contributed by atoms with Crippen LogP contribution in [0.5, 0.6) is 11.5 Å². The molecule has 0 spiro atoms. The number of allylic oxidation sites excluding steroid dienone is 1. The normalized spacial score (nSPS) is 13.6. The standard InChI is InChI=1S/C29H30N6O2/c1-21-16-24(4-3-9-30)17-22(2)29(21)37-26-18-27(32-10-11-35-12-14-36-15-13-35)34-28(19-26)33-25-7-5-23(20-31)6-8-25/h3-8,16-19H,10-15H2,1-2H3,(H2,32,33,34)/b4-3+. The van der Waals surface area contributed by atoms with Crippen molar-refractivity contribution in [3.8, 4) is 23.6 Å². The maximum Gasteiger partial charge on any atom is 0.136 e. The van der Waals surface area contributed by atoms with Crippen molar-refractivity contribution in [3.05, 3.63) is 76.9 Å². The number of nitrogens with one attached hydrogen (secondary N) is 2. The summed E-state index contributed by atoms with van der Waals surface area (Å²) in [5, 5.41) is 24.7. The van der Waals surface area contributed by atoms with Gasteiger partial charge < -0.3 is 20.1 Å². The van der Waals surface area contributed by atoms with Gasteiger partial charge in [-0.1, -0.05) is 0 Å².